The van der Waals surface area contributed by atoms with E-state index in [9.17, 15) is 18.0 Å². The molecule has 1 aromatic rings. The van der Waals surface area contributed by atoms with Gasteiger partial charge in [0, 0.05) is 11.3 Å². The van der Waals surface area contributed by atoms with E-state index in [4.69, 9.17) is 4.74 Å². The summed E-state index contributed by atoms with van der Waals surface area (Å²) in [5, 5.41) is 0. The van der Waals surface area contributed by atoms with Crippen molar-refractivity contribution in [3.63, 3.8) is 0 Å². The Bertz CT molecular complexity index is 1000. The van der Waals surface area contributed by atoms with Crippen molar-refractivity contribution < 1.29 is 22.7 Å². The van der Waals surface area contributed by atoms with Crippen LogP contribution < -0.4 is 0 Å². The normalized spacial score (nSPS) is 40.6. The standard InChI is InChI=1S/C21H24O5S/c1-12-5-7-13(8-6-12)27(24,25)21-14(11-18(2,3)17(21)23)15-16(22)20(9-10-20)19(21,4)26-15/h5-8,14-15H,9-11H2,1-4H3/t14-,15-,19-,21-/m1/s1. The van der Waals surface area contributed by atoms with Crippen molar-refractivity contribution in [2.24, 2.45) is 16.7 Å². The fraction of sp³-hybridized carbons (Fsp3) is 0.619. The highest BCUT2D eigenvalue weighted by Gasteiger charge is 2.91. The summed E-state index contributed by atoms with van der Waals surface area (Å²) in [6, 6.07) is 6.65. The zero-order valence-corrected chi connectivity index (χ0v) is 16.9. The van der Waals surface area contributed by atoms with E-state index < -0.39 is 43.0 Å². The highest BCUT2D eigenvalue weighted by Crippen LogP contribution is 2.76. The fourth-order valence-corrected chi connectivity index (χ4v) is 9.06. The van der Waals surface area contributed by atoms with E-state index in [2.05, 4.69) is 0 Å². The van der Waals surface area contributed by atoms with Crippen molar-refractivity contribution in [2.45, 2.75) is 68.3 Å². The third kappa shape index (κ3) is 1.58. The Kier molecular flexibility index (Phi) is 2.95. The van der Waals surface area contributed by atoms with Crippen LogP contribution in [0.2, 0.25) is 0 Å². The molecule has 6 heteroatoms. The Hall–Kier alpha value is -1.53. The predicted octanol–water partition coefficient (Wildman–Crippen LogP) is 2.64. The lowest BCUT2D eigenvalue weighted by Crippen LogP contribution is -2.67. The van der Waals surface area contributed by atoms with Crippen LogP contribution in [0, 0.1) is 23.7 Å². The van der Waals surface area contributed by atoms with Crippen LogP contribution in [0.5, 0.6) is 0 Å². The molecule has 0 aromatic heterocycles. The summed E-state index contributed by atoms with van der Waals surface area (Å²) < 4.78 is 32.6. The van der Waals surface area contributed by atoms with E-state index in [1.807, 2.05) is 6.92 Å². The lowest BCUT2D eigenvalue weighted by Gasteiger charge is -2.45. The molecule has 1 aromatic carbocycles. The van der Waals surface area contributed by atoms with Crippen LogP contribution in [0.4, 0.5) is 0 Å². The van der Waals surface area contributed by atoms with Gasteiger partial charge in [-0.3, -0.25) is 9.59 Å². The van der Waals surface area contributed by atoms with E-state index in [1.54, 1.807) is 45.0 Å². The van der Waals surface area contributed by atoms with Crippen LogP contribution in [0.1, 0.15) is 45.6 Å². The summed E-state index contributed by atoms with van der Waals surface area (Å²) in [6.07, 6.45) is 0.775. The van der Waals surface area contributed by atoms with Gasteiger partial charge in [0.2, 0.25) is 0 Å². The molecule has 2 saturated heterocycles. The molecular formula is C21H24O5S. The van der Waals surface area contributed by atoms with Gasteiger partial charge in [-0.15, -0.1) is 0 Å². The maximum absolute atomic E-state index is 14.1. The van der Waals surface area contributed by atoms with Gasteiger partial charge in [0.05, 0.1) is 10.3 Å². The number of carbonyl (C=O) groups excluding carboxylic acids is 2. The lowest BCUT2D eigenvalue weighted by molar-refractivity contribution is -0.133. The Labute approximate surface area is 159 Å². The molecule has 0 radical (unpaired) electrons. The molecule has 0 N–H and O–H groups in total. The number of aryl methyl sites for hydroxylation is 1. The molecule has 4 aliphatic rings. The number of ether oxygens (including phenoxy) is 1. The number of carbonyl (C=O) groups is 2. The molecule has 0 amide bonds. The third-order valence-corrected chi connectivity index (χ3v) is 10.4. The lowest BCUT2D eigenvalue weighted by atomic mass is 9.64. The van der Waals surface area contributed by atoms with E-state index in [-0.39, 0.29) is 16.5 Å². The Balaban J connectivity index is 1.82. The highest BCUT2D eigenvalue weighted by molar-refractivity contribution is 7.93. The van der Waals surface area contributed by atoms with Crippen molar-refractivity contribution in [2.75, 3.05) is 0 Å². The molecule has 2 aliphatic carbocycles. The molecule has 0 unspecified atom stereocenters. The molecule has 4 fully saturated rings. The van der Waals surface area contributed by atoms with Gasteiger partial charge < -0.3 is 4.74 Å². The maximum atomic E-state index is 14.1. The van der Waals surface area contributed by atoms with Crippen molar-refractivity contribution in [1.82, 2.24) is 0 Å². The molecular weight excluding hydrogens is 364 g/mol. The Morgan fingerprint density at radius 1 is 1.04 bits per heavy atom. The van der Waals surface area contributed by atoms with Gasteiger partial charge in [-0.2, -0.15) is 0 Å². The molecule has 2 heterocycles. The highest BCUT2D eigenvalue weighted by atomic mass is 32.2. The number of Topliss-reactive ketones (excluding diaryl/α,β-unsaturated/α-hetero) is 2. The molecule has 2 aliphatic heterocycles. The number of hydrogen-bond acceptors (Lipinski definition) is 5. The first-order valence-corrected chi connectivity index (χ1v) is 11.0. The van der Waals surface area contributed by atoms with Gasteiger partial charge in [-0.05, 0) is 45.2 Å². The van der Waals surface area contributed by atoms with Crippen LogP contribution >= 0.6 is 0 Å². The number of sulfone groups is 1. The van der Waals surface area contributed by atoms with Crippen molar-refractivity contribution in [3.8, 4) is 0 Å². The number of rotatable bonds is 2. The molecule has 4 atom stereocenters. The average molecular weight is 388 g/mol. The van der Waals surface area contributed by atoms with E-state index >= 15 is 0 Å². The smallest absolute Gasteiger partial charge is 0.194 e. The monoisotopic (exact) mass is 388 g/mol. The van der Waals surface area contributed by atoms with Crippen LogP contribution in [-0.4, -0.2) is 36.4 Å². The van der Waals surface area contributed by atoms with Gasteiger partial charge in [0.25, 0.3) is 0 Å². The van der Waals surface area contributed by atoms with Crippen LogP contribution in [0.15, 0.2) is 29.2 Å². The van der Waals surface area contributed by atoms with Gasteiger partial charge in [-0.1, -0.05) is 31.5 Å². The first kappa shape index (κ1) is 17.6. The summed E-state index contributed by atoms with van der Waals surface area (Å²) in [5.74, 6) is -0.894. The maximum Gasteiger partial charge on any atom is 0.194 e. The summed E-state index contributed by atoms with van der Waals surface area (Å²) >= 11 is 0. The predicted molar refractivity (Wildman–Crippen MR) is 97.9 cm³/mol. The number of hydrogen-bond donors (Lipinski definition) is 0. The van der Waals surface area contributed by atoms with Crippen molar-refractivity contribution in [1.29, 1.82) is 0 Å². The molecule has 27 heavy (non-hydrogen) atoms. The van der Waals surface area contributed by atoms with E-state index in [0.29, 0.717) is 19.3 Å². The summed E-state index contributed by atoms with van der Waals surface area (Å²) in [6.45, 7) is 7.20. The van der Waals surface area contributed by atoms with Gasteiger partial charge in [-0.25, -0.2) is 8.42 Å². The molecule has 5 rings (SSSR count). The largest absolute Gasteiger partial charge is 0.361 e. The van der Waals surface area contributed by atoms with Crippen molar-refractivity contribution >= 4 is 21.4 Å². The number of benzene rings is 1. The second kappa shape index (κ2) is 4.54. The zero-order chi connectivity index (χ0) is 19.6. The van der Waals surface area contributed by atoms with Crippen LogP contribution in [-0.2, 0) is 24.2 Å². The first-order chi connectivity index (χ1) is 12.5. The molecule has 1 spiro atoms. The minimum Gasteiger partial charge on any atom is -0.361 e. The summed E-state index contributed by atoms with van der Waals surface area (Å²) in [5.41, 5.74) is -1.96. The second-order valence-corrected chi connectivity index (χ2v) is 11.7. The SMILES string of the molecule is Cc1ccc(S(=O)(=O)[C@@]23C(=O)C(C)(C)C[C@@H]2[C@H]2O[C@]3(C)C3(CC3)C2=O)cc1. The number of fused-ring (bicyclic) bond motifs is 6. The van der Waals surface area contributed by atoms with Crippen LogP contribution in [0.25, 0.3) is 0 Å². The minimum absolute atomic E-state index is 0.00947. The topological polar surface area (TPSA) is 77.5 Å². The van der Waals surface area contributed by atoms with Gasteiger partial charge >= 0.3 is 0 Å². The quantitative estimate of drug-likeness (QED) is 0.778. The minimum atomic E-state index is -4.04. The fourth-order valence-electron chi connectivity index (χ4n) is 6.31. The zero-order valence-electron chi connectivity index (χ0n) is 16.0. The first-order valence-electron chi connectivity index (χ1n) is 9.54. The van der Waals surface area contributed by atoms with Gasteiger partial charge in [0.15, 0.2) is 26.2 Å². The third-order valence-electron chi connectivity index (χ3n) is 7.79. The summed E-state index contributed by atoms with van der Waals surface area (Å²) in [7, 11) is -4.04. The van der Waals surface area contributed by atoms with Crippen molar-refractivity contribution in [3.05, 3.63) is 29.8 Å². The molecule has 144 valence electrons. The Morgan fingerprint density at radius 3 is 2.19 bits per heavy atom. The molecule has 2 saturated carbocycles. The molecule has 2 bridgehead atoms. The number of ketones is 2. The van der Waals surface area contributed by atoms with E-state index in [0.717, 1.165) is 5.56 Å². The second-order valence-electron chi connectivity index (χ2n) is 9.59. The van der Waals surface area contributed by atoms with Crippen LogP contribution in [0.3, 0.4) is 0 Å². The van der Waals surface area contributed by atoms with E-state index in [1.165, 1.54) is 0 Å². The average Bonchev–Trinajstić information content (AvgIpc) is 3.26. The Morgan fingerprint density at radius 2 is 1.63 bits per heavy atom. The summed E-state index contributed by atoms with van der Waals surface area (Å²) in [4.78, 5) is 26.9. The van der Waals surface area contributed by atoms with Gasteiger partial charge in [0.1, 0.15) is 11.7 Å². The molecule has 5 nitrogen and oxygen atoms in total.